The van der Waals surface area contributed by atoms with Crippen molar-refractivity contribution in [1.29, 1.82) is 0 Å². The van der Waals surface area contributed by atoms with E-state index in [0.717, 1.165) is 30.0 Å². The zero-order valence-electron chi connectivity index (χ0n) is 10.1. The van der Waals surface area contributed by atoms with Gasteiger partial charge in [0.25, 0.3) is 0 Å². The molecule has 3 heteroatoms. The van der Waals surface area contributed by atoms with Crippen LogP contribution in [0.2, 0.25) is 0 Å². The number of benzene rings is 1. The molecular formula is C14H20BrNO. The average molecular weight is 298 g/mol. The molecule has 1 aliphatic carbocycles. The van der Waals surface area contributed by atoms with Crippen LogP contribution in [0, 0.1) is 0 Å². The maximum atomic E-state index is 8.96. The molecule has 1 aromatic rings. The van der Waals surface area contributed by atoms with Crippen LogP contribution in [0.25, 0.3) is 0 Å². The van der Waals surface area contributed by atoms with Crippen molar-refractivity contribution in [2.24, 2.45) is 0 Å². The Morgan fingerprint density at radius 3 is 2.76 bits per heavy atom. The summed E-state index contributed by atoms with van der Waals surface area (Å²) >= 11 is 3.51. The number of nitrogens with zero attached hydrogens (tertiary/aromatic N) is 1. The molecule has 0 bridgehead atoms. The Morgan fingerprint density at radius 1 is 1.35 bits per heavy atom. The van der Waals surface area contributed by atoms with E-state index in [2.05, 4.69) is 45.1 Å². The first-order chi connectivity index (χ1) is 8.29. The van der Waals surface area contributed by atoms with E-state index in [1.54, 1.807) is 0 Å². The molecule has 0 radical (unpaired) electrons. The summed E-state index contributed by atoms with van der Waals surface area (Å²) in [6.45, 7) is 2.31. The molecule has 0 saturated heterocycles. The second-order valence-corrected chi connectivity index (χ2v) is 5.68. The van der Waals surface area contributed by atoms with Gasteiger partial charge in [-0.1, -0.05) is 34.5 Å². The highest BCUT2D eigenvalue weighted by molar-refractivity contribution is 9.10. The Labute approximate surface area is 112 Å². The first-order valence-corrected chi connectivity index (χ1v) is 7.18. The van der Waals surface area contributed by atoms with Gasteiger partial charge in [-0.25, -0.2) is 0 Å². The van der Waals surface area contributed by atoms with Crippen molar-refractivity contribution < 1.29 is 5.11 Å². The van der Waals surface area contributed by atoms with Crippen molar-refractivity contribution in [1.82, 2.24) is 4.90 Å². The summed E-state index contributed by atoms with van der Waals surface area (Å²) in [6, 6.07) is 9.25. The van der Waals surface area contributed by atoms with Crippen molar-refractivity contribution in [3.05, 3.63) is 34.3 Å². The molecule has 0 aromatic heterocycles. The molecular weight excluding hydrogens is 278 g/mol. The van der Waals surface area contributed by atoms with Gasteiger partial charge in [-0.05, 0) is 37.0 Å². The van der Waals surface area contributed by atoms with Gasteiger partial charge in [-0.2, -0.15) is 0 Å². The predicted octanol–water partition coefficient (Wildman–Crippen LogP) is 3.19. The molecule has 0 amide bonds. The normalized spacial score (nSPS) is 16.2. The third kappa shape index (κ3) is 3.80. The molecule has 94 valence electrons. The topological polar surface area (TPSA) is 23.5 Å². The van der Waals surface area contributed by atoms with Crippen molar-refractivity contribution in [3.8, 4) is 0 Å². The molecule has 0 unspecified atom stereocenters. The summed E-state index contributed by atoms with van der Waals surface area (Å²) in [7, 11) is 0. The SMILES string of the molecule is OCCCN(Cc1cccc(Br)c1)C1CCC1. The fraction of sp³-hybridized carbons (Fsp3) is 0.571. The van der Waals surface area contributed by atoms with Gasteiger partial charge in [-0.3, -0.25) is 4.90 Å². The van der Waals surface area contributed by atoms with Crippen LogP contribution in [0.1, 0.15) is 31.2 Å². The Balaban J connectivity index is 1.95. The Kier molecular flexibility index (Phi) is 5.01. The van der Waals surface area contributed by atoms with Gasteiger partial charge >= 0.3 is 0 Å². The van der Waals surface area contributed by atoms with E-state index in [0.29, 0.717) is 6.61 Å². The molecule has 17 heavy (non-hydrogen) atoms. The monoisotopic (exact) mass is 297 g/mol. The lowest BCUT2D eigenvalue weighted by molar-refractivity contribution is 0.109. The van der Waals surface area contributed by atoms with Gasteiger partial charge < -0.3 is 5.11 Å². The molecule has 0 spiro atoms. The van der Waals surface area contributed by atoms with Crippen LogP contribution in [-0.2, 0) is 6.54 Å². The molecule has 1 aromatic carbocycles. The zero-order chi connectivity index (χ0) is 12.1. The highest BCUT2D eigenvalue weighted by atomic mass is 79.9. The lowest BCUT2D eigenvalue weighted by atomic mass is 9.91. The summed E-state index contributed by atoms with van der Waals surface area (Å²) in [5.74, 6) is 0. The maximum absolute atomic E-state index is 8.96. The van der Waals surface area contributed by atoms with E-state index in [1.165, 1.54) is 24.8 Å². The van der Waals surface area contributed by atoms with E-state index in [4.69, 9.17) is 5.11 Å². The fourth-order valence-corrected chi connectivity index (χ4v) is 2.73. The lowest BCUT2D eigenvalue weighted by Crippen LogP contribution is -2.40. The summed E-state index contributed by atoms with van der Waals surface area (Å²) in [5.41, 5.74) is 1.35. The third-order valence-electron chi connectivity index (χ3n) is 3.47. The summed E-state index contributed by atoms with van der Waals surface area (Å²) < 4.78 is 1.14. The van der Waals surface area contributed by atoms with Crippen LogP contribution in [0.3, 0.4) is 0 Å². The number of rotatable bonds is 6. The van der Waals surface area contributed by atoms with E-state index in [9.17, 15) is 0 Å². The Hall–Kier alpha value is -0.380. The van der Waals surface area contributed by atoms with Crippen molar-refractivity contribution >= 4 is 15.9 Å². The standard InChI is InChI=1S/C14H20BrNO/c15-13-5-1-4-12(10-13)11-16(8-3-9-17)14-6-2-7-14/h1,4-5,10,14,17H,2-3,6-9,11H2. The molecule has 2 rings (SSSR count). The van der Waals surface area contributed by atoms with Crippen LogP contribution in [0.4, 0.5) is 0 Å². The maximum Gasteiger partial charge on any atom is 0.0443 e. The zero-order valence-corrected chi connectivity index (χ0v) is 11.7. The van der Waals surface area contributed by atoms with E-state index in [1.807, 2.05) is 0 Å². The number of hydrogen-bond acceptors (Lipinski definition) is 2. The number of hydrogen-bond donors (Lipinski definition) is 1. The minimum absolute atomic E-state index is 0.293. The first kappa shape index (κ1) is 13.1. The molecule has 1 N–H and O–H groups in total. The van der Waals surface area contributed by atoms with Gasteiger partial charge in [0.15, 0.2) is 0 Å². The highest BCUT2D eigenvalue weighted by Gasteiger charge is 2.24. The molecule has 0 aliphatic heterocycles. The second-order valence-electron chi connectivity index (χ2n) is 4.76. The summed E-state index contributed by atoms with van der Waals surface area (Å²) in [6.07, 6.45) is 4.88. The van der Waals surface area contributed by atoms with Gasteiger partial charge in [0.05, 0.1) is 0 Å². The van der Waals surface area contributed by atoms with Gasteiger partial charge in [-0.15, -0.1) is 0 Å². The van der Waals surface area contributed by atoms with Crippen LogP contribution >= 0.6 is 15.9 Å². The van der Waals surface area contributed by atoms with Gasteiger partial charge in [0.2, 0.25) is 0 Å². The van der Waals surface area contributed by atoms with E-state index >= 15 is 0 Å². The minimum atomic E-state index is 0.293. The predicted molar refractivity (Wildman–Crippen MR) is 73.9 cm³/mol. The number of halogens is 1. The Bertz CT molecular complexity index is 352. The van der Waals surface area contributed by atoms with Crippen LogP contribution in [0.5, 0.6) is 0 Å². The van der Waals surface area contributed by atoms with Crippen molar-refractivity contribution in [2.45, 2.75) is 38.3 Å². The van der Waals surface area contributed by atoms with Gasteiger partial charge in [0, 0.05) is 30.2 Å². The number of aliphatic hydroxyl groups is 1. The quantitative estimate of drug-likeness (QED) is 0.872. The fourth-order valence-electron chi connectivity index (χ4n) is 2.29. The molecule has 1 aliphatic rings. The lowest BCUT2D eigenvalue weighted by Gasteiger charge is -2.37. The summed E-state index contributed by atoms with van der Waals surface area (Å²) in [4.78, 5) is 2.52. The highest BCUT2D eigenvalue weighted by Crippen LogP contribution is 2.26. The molecule has 0 atom stereocenters. The molecule has 0 heterocycles. The van der Waals surface area contributed by atoms with E-state index < -0.39 is 0 Å². The van der Waals surface area contributed by atoms with Gasteiger partial charge in [0.1, 0.15) is 0 Å². The largest absolute Gasteiger partial charge is 0.396 e. The smallest absolute Gasteiger partial charge is 0.0443 e. The van der Waals surface area contributed by atoms with Crippen molar-refractivity contribution in [3.63, 3.8) is 0 Å². The van der Waals surface area contributed by atoms with E-state index in [-0.39, 0.29) is 0 Å². The number of aliphatic hydroxyl groups excluding tert-OH is 1. The average Bonchev–Trinajstić information content (AvgIpc) is 2.23. The van der Waals surface area contributed by atoms with Crippen LogP contribution < -0.4 is 0 Å². The summed E-state index contributed by atoms with van der Waals surface area (Å²) in [5, 5.41) is 8.96. The molecule has 1 saturated carbocycles. The molecule has 2 nitrogen and oxygen atoms in total. The first-order valence-electron chi connectivity index (χ1n) is 6.39. The minimum Gasteiger partial charge on any atom is -0.396 e. The molecule has 1 fully saturated rings. The third-order valence-corrected chi connectivity index (χ3v) is 3.96. The van der Waals surface area contributed by atoms with Crippen LogP contribution in [-0.4, -0.2) is 29.2 Å². The second kappa shape index (κ2) is 6.53. The van der Waals surface area contributed by atoms with Crippen LogP contribution in [0.15, 0.2) is 28.7 Å². The Morgan fingerprint density at radius 2 is 2.18 bits per heavy atom. The van der Waals surface area contributed by atoms with Crippen molar-refractivity contribution in [2.75, 3.05) is 13.2 Å².